The quantitative estimate of drug-likeness (QED) is 0.438. The van der Waals surface area contributed by atoms with E-state index >= 15 is 0 Å². The van der Waals surface area contributed by atoms with Gasteiger partial charge in [-0.1, -0.05) is 12.1 Å². The van der Waals surface area contributed by atoms with E-state index in [1.165, 1.54) is 17.4 Å². The SMILES string of the molecule is CC(C)Oc1cncc(-c2ccc3[nH]cc(-c4csc(-n5ccccc5=O)n4)c3c2)n1. The second-order valence-corrected chi connectivity index (χ2v) is 8.13. The highest BCUT2D eigenvalue weighted by molar-refractivity contribution is 7.12. The van der Waals surface area contributed by atoms with Gasteiger partial charge >= 0.3 is 0 Å². The Labute approximate surface area is 182 Å². The van der Waals surface area contributed by atoms with E-state index in [4.69, 9.17) is 9.72 Å². The summed E-state index contributed by atoms with van der Waals surface area (Å²) < 4.78 is 7.23. The summed E-state index contributed by atoms with van der Waals surface area (Å²) in [7, 11) is 0. The summed E-state index contributed by atoms with van der Waals surface area (Å²) >= 11 is 1.43. The summed E-state index contributed by atoms with van der Waals surface area (Å²) in [4.78, 5) is 29.0. The van der Waals surface area contributed by atoms with E-state index in [2.05, 4.69) is 21.0 Å². The molecule has 0 aliphatic heterocycles. The number of thiazole rings is 1. The molecule has 0 radical (unpaired) electrons. The topological polar surface area (TPSA) is 85.7 Å². The van der Waals surface area contributed by atoms with E-state index in [-0.39, 0.29) is 11.7 Å². The summed E-state index contributed by atoms with van der Waals surface area (Å²) in [6.45, 7) is 3.91. The van der Waals surface area contributed by atoms with Gasteiger partial charge in [0.1, 0.15) is 0 Å². The van der Waals surface area contributed by atoms with Gasteiger partial charge in [0.15, 0.2) is 5.13 Å². The highest BCUT2D eigenvalue weighted by atomic mass is 32.1. The lowest BCUT2D eigenvalue weighted by Gasteiger charge is -2.09. The van der Waals surface area contributed by atoms with Gasteiger partial charge in [0, 0.05) is 45.9 Å². The second kappa shape index (κ2) is 7.81. The van der Waals surface area contributed by atoms with Crippen LogP contribution in [0.25, 0.3) is 38.5 Å². The number of ether oxygens (including phenoxy) is 1. The molecule has 1 N–H and O–H groups in total. The lowest BCUT2D eigenvalue weighted by molar-refractivity contribution is 0.232. The molecule has 5 rings (SSSR count). The number of aromatic amines is 1. The summed E-state index contributed by atoms with van der Waals surface area (Å²) in [6, 6.07) is 11.1. The lowest BCUT2D eigenvalue weighted by atomic mass is 10.1. The van der Waals surface area contributed by atoms with Gasteiger partial charge in [-0.05, 0) is 32.0 Å². The van der Waals surface area contributed by atoms with Crippen molar-refractivity contribution >= 4 is 22.2 Å². The third kappa shape index (κ3) is 3.73. The van der Waals surface area contributed by atoms with Crippen molar-refractivity contribution in [3.8, 4) is 33.5 Å². The zero-order valence-electron chi connectivity index (χ0n) is 16.9. The van der Waals surface area contributed by atoms with Crippen molar-refractivity contribution in [1.82, 2.24) is 24.5 Å². The van der Waals surface area contributed by atoms with Crippen LogP contribution in [-0.4, -0.2) is 30.6 Å². The Hall–Kier alpha value is -3.78. The summed E-state index contributed by atoms with van der Waals surface area (Å²) in [5, 5.41) is 3.61. The van der Waals surface area contributed by atoms with Crippen LogP contribution in [0.15, 0.2) is 71.4 Å². The molecule has 0 fully saturated rings. The van der Waals surface area contributed by atoms with Crippen LogP contribution < -0.4 is 10.3 Å². The van der Waals surface area contributed by atoms with Gasteiger partial charge in [-0.15, -0.1) is 11.3 Å². The molecule has 8 heteroatoms. The molecule has 154 valence electrons. The molecule has 0 aliphatic rings. The maximum Gasteiger partial charge on any atom is 0.256 e. The third-order valence-electron chi connectivity index (χ3n) is 4.74. The Balaban J connectivity index is 1.55. The Bertz CT molecular complexity index is 1430. The van der Waals surface area contributed by atoms with Gasteiger partial charge < -0.3 is 9.72 Å². The van der Waals surface area contributed by atoms with E-state index in [0.29, 0.717) is 11.0 Å². The molecule has 0 spiro atoms. The van der Waals surface area contributed by atoms with Crippen LogP contribution in [0, 0.1) is 0 Å². The van der Waals surface area contributed by atoms with Crippen molar-refractivity contribution in [2.24, 2.45) is 0 Å². The van der Waals surface area contributed by atoms with Gasteiger partial charge in [0.05, 0.1) is 29.9 Å². The fourth-order valence-corrected chi connectivity index (χ4v) is 4.17. The van der Waals surface area contributed by atoms with Crippen LogP contribution in [0.5, 0.6) is 5.88 Å². The van der Waals surface area contributed by atoms with Crippen molar-refractivity contribution in [1.29, 1.82) is 0 Å². The molecule has 7 nitrogen and oxygen atoms in total. The van der Waals surface area contributed by atoms with E-state index in [9.17, 15) is 4.79 Å². The smallest absolute Gasteiger partial charge is 0.256 e. The van der Waals surface area contributed by atoms with Crippen LogP contribution in [0.1, 0.15) is 13.8 Å². The highest BCUT2D eigenvalue weighted by Crippen LogP contribution is 2.33. The minimum Gasteiger partial charge on any atom is -0.474 e. The average molecular weight is 430 g/mol. The lowest BCUT2D eigenvalue weighted by Crippen LogP contribution is -2.15. The number of fused-ring (bicyclic) bond motifs is 1. The van der Waals surface area contributed by atoms with Crippen molar-refractivity contribution in [3.63, 3.8) is 0 Å². The van der Waals surface area contributed by atoms with Gasteiger partial charge in [-0.3, -0.25) is 14.3 Å². The standard InChI is InChI=1S/C23H19N5O2S/c1-14(2)30-21-12-24-11-19(26-21)15-6-7-18-16(9-15)17(10-25-18)20-13-31-23(27-20)28-8-4-3-5-22(28)29/h3-14,25H,1-2H3. The fourth-order valence-electron chi connectivity index (χ4n) is 3.36. The average Bonchev–Trinajstić information content (AvgIpc) is 3.40. The number of pyridine rings is 1. The molecule has 0 saturated carbocycles. The number of H-pyrrole nitrogens is 1. The van der Waals surface area contributed by atoms with Gasteiger partial charge in [-0.25, -0.2) is 9.97 Å². The number of hydrogen-bond acceptors (Lipinski definition) is 6. The molecule has 4 aromatic heterocycles. The van der Waals surface area contributed by atoms with Crippen molar-refractivity contribution in [3.05, 3.63) is 76.9 Å². The molecule has 0 unspecified atom stereocenters. The van der Waals surface area contributed by atoms with Gasteiger partial charge in [-0.2, -0.15) is 0 Å². The van der Waals surface area contributed by atoms with Crippen LogP contribution in [0.3, 0.4) is 0 Å². The predicted octanol–water partition coefficient (Wildman–Crippen LogP) is 4.69. The third-order valence-corrected chi connectivity index (χ3v) is 5.58. The highest BCUT2D eigenvalue weighted by Gasteiger charge is 2.13. The normalized spacial score (nSPS) is 11.3. The summed E-state index contributed by atoms with van der Waals surface area (Å²) in [5.74, 6) is 0.499. The number of nitrogens with one attached hydrogen (secondary N) is 1. The first kappa shape index (κ1) is 19.2. The van der Waals surface area contributed by atoms with E-state index < -0.39 is 0 Å². The first-order valence-corrected chi connectivity index (χ1v) is 10.7. The van der Waals surface area contributed by atoms with Gasteiger partial charge in [0.2, 0.25) is 5.88 Å². The maximum atomic E-state index is 12.1. The molecule has 5 aromatic rings. The largest absolute Gasteiger partial charge is 0.474 e. The Morgan fingerprint density at radius 2 is 2.00 bits per heavy atom. The summed E-state index contributed by atoms with van der Waals surface area (Å²) in [5.41, 5.74) is 4.33. The minimum atomic E-state index is -0.105. The molecular weight excluding hydrogens is 410 g/mol. The minimum absolute atomic E-state index is 0.0271. The van der Waals surface area contributed by atoms with Crippen LogP contribution >= 0.6 is 11.3 Å². The van der Waals surface area contributed by atoms with Crippen molar-refractivity contribution < 1.29 is 4.74 Å². The second-order valence-electron chi connectivity index (χ2n) is 7.30. The van der Waals surface area contributed by atoms with E-state index in [1.54, 1.807) is 29.2 Å². The molecule has 0 amide bonds. The van der Waals surface area contributed by atoms with Crippen LogP contribution in [-0.2, 0) is 0 Å². The zero-order chi connectivity index (χ0) is 21.4. The van der Waals surface area contributed by atoms with Crippen LogP contribution in [0.4, 0.5) is 0 Å². The van der Waals surface area contributed by atoms with Crippen molar-refractivity contribution in [2.45, 2.75) is 20.0 Å². The predicted molar refractivity (Wildman–Crippen MR) is 122 cm³/mol. The first-order valence-electron chi connectivity index (χ1n) is 9.82. The summed E-state index contributed by atoms with van der Waals surface area (Å²) in [6.07, 6.45) is 7.03. The number of rotatable bonds is 5. The number of nitrogens with zero attached hydrogens (tertiary/aromatic N) is 4. The van der Waals surface area contributed by atoms with Crippen LogP contribution in [0.2, 0.25) is 0 Å². The molecule has 31 heavy (non-hydrogen) atoms. The number of aromatic nitrogens is 5. The zero-order valence-corrected chi connectivity index (χ0v) is 17.8. The molecule has 0 aliphatic carbocycles. The number of benzene rings is 1. The molecule has 0 bridgehead atoms. The molecule has 4 heterocycles. The van der Waals surface area contributed by atoms with Crippen molar-refractivity contribution in [2.75, 3.05) is 0 Å². The Morgan fingerprint density at radius 1 is 1.10 bits per heavy atom. The van der Waals surface area contributed by atoms with E-state index in [0.717, 1.165) is 33.4 Å². The van der Waals surface area contributed by atoms with E-state index in [1.807, 2.05) is 43.6 Å². The molecule has 1 aromatic carbocycles. The maximum absolute atomic E-state index is 12.1. The molecular formula is C23H19N5O2S. The first-order chi connectivity index (χ1) is 15.1. The molecule has 0 atom stereocenters. The Morgan fingerprint density at radius 3 is 2.84 bits per heavy atom. The monoisotopic (exact) mass is 429 g/mol. The Kier molecular flexibility index (Phi) is 4.83. The fraction of sp³-hybridized carbons (Fsp3) is 0.130. The van der Waals surface area contributed by atoms with Gasteiger partial charge in [0.25, 0.3) is 5.56 Å². The molecule has 0 saturated heterocycles. The number of hydrogen-bond donors (Lipinski definition) is 1.